The van der Waals surface area contributed by atoms with E-state index in [0.29, 0.717) is 11.1 Å². The number of carbonyl (C=O) groups is 1. The summed E-state index contributed by atoms with van der Waals surface area (Å²) in [5.74, 6) is 6.30. The molecule has 192 valence electrons. The number of aryl methyl sites for hydroxylation is 1. The lowest BCUT2D eigenvalue weighted by Gasteiger charge is -2.43. The lowest BCUT2D eigenvalue weighted by molar-refractivity contribution is 0.0706. The van der Waals surface area contributed by atoms with Crippen LogP contribution in [0.2, 0.25) is 0 Å². The van der Waals surface area contributed by atoms with E-state index in [1.54, 1.807) is 29.7 Å². The van der Waals surface area contributed by atoms with E-state index in [1.165, 1.54) is 27.1 Å². The Morgan fingerprint density at radius 3 is 2.30 bits per heavy atom. The molecule has 4 nitrogen and oxygen atoms in total. The Morgan fingerprint density at radius 1 is 1.00 bits per heavy atom. The van der Waals surface area contributed by atoms with Crippen molar-refractivity contribution in [2.45, 2.75) is 75.0 Å². The van der Waals surface area contributed by atoms with E-state index < -0.39 is 12.0 Å². The van der Waals surface area contributed by atoms with E-state index in [1.807, 2.05) is 11.8 Å². The van der Waals surface area contributed by atoms with E-state index in [2.05, 4.69) is 82.9 Å². The molecule has 4 rings (SSSR count). The smallest absolute Gasteiger partial charge is 0.274 e. The molecule has 5 heteroatoms. The van der Waals surface area contributed by atoms with Gasteiger partial charge in [-0.3, -0.25) is 10.0 Å². The molecule has 0 heterocycles. The maximum absolute atomic E-state index is 11.5. The number of benzene rings is 3. The van der Waals surface area contributed by atoms with E-state index in [4.69, 9.17) is 5.21 Å². The molecule has 1 aliphatic carbocycles. The largest absolute Gasteiger partial charge is 0.376 e. The number of amides is 1. The second-order valence-corrected chi connectivity index (χ2v) is 12.2. The third-order valence-corrected chi connectivity index (χ3v) is 8.45. The van der Waals surface area contributed by atoms with Crippen molar-refractivity contribution in [1.29, 1.82) is 0 Å². The van der Waals surface area contributed by atoms with Gasteiger partial charge in [0.15, 0.2) is 0 Å². The Bertz CT molecular complexity index is 1350. The van der Waals surface area contributed by atoms with Crippen LogP contribution in [-0.2, 0) is 16.6 Å². The Morgan fingerprint density at radius 2 is 1.65 bits per heavy atom. The summed E-state index contributed by atoms with van der Waals surface area (Å²) in [6.07, 6.45) is 1.27. The molecule has 1 atom stereocenters. The van der Waals surface area contributed by atoms with Gasteiger partial charge < -0.3 is 5.11 Å². The predicted molar refractivity (Wildman–Crippen MR) is 150 cm³/mol. The molecule has 0 spiro atoms. The summed E-state index contributed by atoms with van der Waals surface area (Å²) in [6.45, 7) is 11.3. The van der Waals surface area contributed by atoms with Gasteiger partial charge in [0, 0.05) is 21.8 Å². The van der Waals surface area contributed by atoms with Gasteiger partial charge in [-0.15, -0.1) is 11.8 Å². The molecule has 0 fully saturated rings. The molecular formula is C32H35NO3S. The van der Waals surface area contributed by atoms with Crippen molar-refractivity contribution in [1.82, 2.24) is 5.48 Å². The Kier molecular flexibility index (Phi) is 7.85. The highest BCUT2D eigenvalue weighted by molar-refractivity contribution is 7.98. The molecule has 0 saturated heterocycles. The van der Waals surface area contributed by atoms with Crippen molar-refractivity contribution in [3.8, 4) is 11.8 Å². The van der Waals surface area contributed by atoms with Crippen LogP contribution in [0.15, 0.2) is 65.6 Å². The molecule has 0 saturated carbocycles. The lowest BCUT2D eigenvalue weighted by Crippen LogP contribution is -2.34. The number of nitrogens with one attached hydrogen (secondary N) is 1. The van der Waals surface area contributed by atoms with Crippen LogP contribution in [0.5, 0.6) is 0 Å². The Labute approximate surface area is 224 Å². The summed E-state index contributed by atoms with van der Waals surface area (Å²) in [7, 11) is 0. The number of hydroxylamine groups is 1. The zero-order chi connectivity index (χ0) is 26.8. The highest BCUT2D eigenvalue weighted by Gasteiger charge is 2.39. The lowest BCUT2D eigenvalue weighted by atomic mass is 9.63. The topological polar surface area (TPSA) is 69.6 Å². The number of aliphatic hydroxyl groups is 1. The first kappa shape index (κ1) is 27.0. The molecule has 1 amide bonds. The molecule has 3 aromatic rings. The first-order valence-electron chi connectivity index (χ1n) is 12.6. The summed E-state index contributed by atoms with van der Waals surface area (Å²) in [5, 5.41) is 19.9. The van der Waals surface area contributed by atoms with Crippen molar-refractivity contribution >= 4 is 17.7 Å². The molecule has 0 bridgehead atoms. The zero-order valence-corrected chi connectivity index (χ0v) is 23.0. The molecule has 1 unspecified atom stereocenters. The molecular weight excluding hydrogens is 478 g/mol. The second kappa shape index (κ2) is 10.8. The minimum absolute atomic E-state index is 0.0102. The van der Waals surface area contributed by atoms with Gasteiger partial charge in [-0.25, -0.2) is 5.48 Å². The molecule has 1 aliphatic rings. The standard InChI is InChI=1S/C32H35NO3S/c1-21-6-8-23(9-7-21)20-37-28-19-25(18-26-29(28)32(4,5)17-16-31(26,2)3)27(34)15-12-22-10-13-24(14-11-22)30(35)33-36/h6-11,13-14,18-19,27,34,36H,16-17,20H2,1-5H3,(H,33,35). The summed E-state index contributed by atoms with van der Waals surface area (Å²) >= 11 is 1.83. The van der Waals surface area contributed by atoms with Gasteiger partial charge in [-0.2, -0.15) is 0 Å². The van der Waals surface area contributed by atoms with Gasteiger partial charge in [0.2, 0.25) is 0 Å². The van der Waals surface area contributed by atoms with Crippen LogP contribution in [0.4, 0.5) is 0 Å². The summed E-state index contributed by atoms with van der Waals surface area (Å²) in [5.41, 5.74) is 8.73. The van der Waals surface area contributed by atoms with Gasteiger partial charge in [0.25, 0.3) is 5.91 Å². The number of thioether (sulfide) groups is 1. The summed E-state index contributed by atoms with van der Waals surface area (Å²) < 4.78 is 0. The highest BCUT2D eigenvalue weighted by Crippen LogP contribution is 2.50. The monoisotopic (exact) mass is 513 g/mol. The fraction of sp³-hybridized carbons (Fsp3) is 0.344. The van der Waals surface area contributed by atoms with Crippen LogP contribution in [-0.4, -0.2) is 16.2 Å². The van der Waals surface area contributed by atoms with Crippen molar-refractivity contribution in [3.05, 3.63) is 99.6 Å². The van der Waals surface area contributed by atoms with Crippen molar-refractivity contribution < 1.29 is 15.1 Å². The number of carbonyl (C=O) groups excluding carboxylic acids is 1. The SMILES string of the molecule is Cc1ccc(CSc2cc(C(O)C#Cc3ccc(C(=O)NO)cc3)cc3c2C(C)(C)CCC3(C)C)cc1. The highest BCUT2D eigenvalue weighted by atomic mass is 32.2. The average molecular weight is 514 g/mol. The van der Waals surface area contributed by atoms with Crippen LogP contribution in [0.25, 0.3) is 0 Å². The molecule has 37 heavy (non-hydrogen) atoms. The third kappa shape index (κ3) is 6.10. The van der Waals surface area contributed by atoms with Gasteiger partial charge in [0.05, 0.1) is 0 Å². The molecule has 3 N–H and O–H groups in total. The normalized spacial score (nSPS) is 16.2. The quantitative estimate of drug-likeness (QED) is 0.151. The maximum atomic E-state index is 11.5. The zero-order valence-electron chi connectivity index (χ0n) is 22.2. The molecule has 0 radical (unpaired) electrons. The van der Waals surface area contributed by atoms with E-state index in [0.717, 1.165) is 24.2 Å². The average Bonchev–Trinajstić information content (AvgIpc) is 2.89. The predicted octanol–water partition coefficient (Wildman–Crippen LogP) is 6.84. The van der Waals surface area contributed by atoms with Crippen LogP contribution < -0.4 is 5.48 Å². The maximum Gasteiger partial charge on any atom is 0.274 e. The summed E-state index contributed by atoms with van der Waals surface area (Å²) in [4.78, 5) is 12.8. The van der Waals surface area contributed by atoms with E-state index in [-0.39, 0.29) is 10.8 Å². The van der Waals surface area contributed by atoms with Gasteiger partial charge in [0.1, 0.15) is 6.10 Å². The van der Waals surface area contributed by atoms with Gasteiger partial charge >= 0.3 is 0 Å². The van der Waals surface area contributed by atoms with Crippen molar-refractivity contribution in [3.63, 3.8) is 0 Å². The Hall–Kier alpha value is -3.04. The molecule has 0 aliphatic heterocycles. The number of hydrogen-bond acceptors (Lipinski definition) is 4. The third-order valence-electron chi connectivity index (χ3n) is 7.34. The van der Waals surface area contributed by atoms with Crippen molar-refractivity contribution in [2.75, 3.05) is 0 Å². The summed E-state index contributed by atoms with van der Waals surface area (Å²) in [6, 6.07) is 19.5. The number of rotatable bonds is 5. The second-order valence-electron chi connectivity index (χ2n) is 11.2. The molecule has 0 aromatic heterocycles. The van der Waals surface area contributed by atoms with Gasteiger partial charge in [-0.05, 0) is 83.2 Å². The molecule has 3 aromatic carbocycles. The first-order valence-corrected chi connectivity index (χ1v) is 13.6. The van der Waals surface area contributed by atoms with Crippen LogP contribution in [0.1, 0.15) is 90.4 Å². The Balaban J connectivity index is 1.69. The minimum Gasteiger partial charge on any atom is -0.376 e. The number of aliphatic hydroxyl groups excluding tert-OH is 1. The fourth-order valence-electron chi connectivity index (χ4n) is 4.87. The van der Waals surface area contributed by atoms with Crippen molar-refractivity contribution in [2.24, 2.45) is 0 Å². The van der Waals surface area contributed by atoms with E-state index in [9.17, 15) is 9.90 Å². The van der Waals surface area contributed by atoms with Crippen LogP contribution in [0, 0.1) is 18.8 Å². The minimum atomic E-state index is -0.940. The van der Waals surface area contributed by atoms with Crippen LogP contribution in [0.3, 0.4) is 0 Å². The van der Waals surface area contributed by atoms with Crippen LogP contribution >= 0.6 is 11.8 Å². The first-order chi connectivity index (χ1) is 17.5. The van der Waals surface area contributed by atoms with Gasteiger partial charge in [-0.1, -0.05) is 75.4 Å². The van der Waals surface area contributed by atoms with E-state index >= 15 is 0 Å². The fourth-order valence-corrected chi connectivity index (χ4v) is 6.14. The number of hydrogen-bond donors (Lipinski definition) is 3. The number of fused-ring (bicyclic) bond motifs is 1.